The van der Waals surface area contributed by atoms with Gasteiger partial charge in [0.2, 0.25) is 0 Å². The number of carboxylic acids is 1. The fourth-order valence-electron chi connectivity index (χ4n) is 1.18. The largest absolute Gasteiger partial charge is 0.480 e. The van der Waals surface area contributed by atoms with Crippen LogP contribution in [0.4, 0.5) is 5.69 Å². The summed E-state index contributed by atoms with van der Waals surface area (Å²) in [6.07, 6.45) is 0. The number of carbonyl (C=O) groups is 2. The Morgan fingerprint density at radius 1 is 1.42 bits per heavy atom. The Hall–Kier alpha value is -1.86. The maximum absolute atomic E-state index is 11.7. The van der Waals surface area contributed by atoms with E-state index in [2.05, 4.69) is 5.32 Å². The molecule has 9 heteroatoms. The molecule has 19 heavy (non-hydrogen) atoms. The first-order valence-corrected chi connectivity index (χ1v) is 5.66. The van der Waals surface area contributed by atoms with Crippen molar-refractivity contribution in [2.24, 2.45) is 0 Å². The van der Waals surface area contributed by atoms with Crippen LogP contribution in [0.25, 0.3) is 0 Å². The minimum absolute atomic E-state index is 0.144. The lowest BCUT2D eigenvalue weighted by Crippen LogP contribution is -2.38. The van der Waals surface area contributed by atoms with Crippen LogP contribution in [0.3, 0.4) is 0 Å². The number of hydrogen-bond donors (Lipinski definition) is 2. The van der Waals surface area contributed by atoms with Gasteiger partial charge in [-0.05, 0) is 13.0 Å². The van der Waals surface area contributed by atoms with Gasteiger partial charge in [-0.15, -0.1) is 0 Å². The van der Waals surface area contributed by atoms with E-state index in [-0.39, 0.29) is 15.6 Å². The lowest BCUT2D eigenvalue weighted by molar-refractivity contribution is -0.384. The number of benzene rings is 1. The van der Waals surface area contributed by atoms with Gasteiger partial charge in [-0.1, -0.05) is 23.2 Å². The van der Waals surface area contributed by atoms with Crippen LogP contribution in [-0.4, -0.2) is 27.9 Å². The summed E-state index contributed by atoms with van der Waals surface area (Å²) in [6.45, 7) is 1.26. The normalized spacial score (nSPS) is 11.7. The van der Waals surface area contributed by atoms with Crippen molar-refractivity contribution in [3.8, 4) is 0 Å². The number of carboxylic acid groups (broad SMARTS) is 1. The van der Waals surface area contributed by atoms with Crippen LogP contribution in [0.2, 0.25) is 10.0 Å². The molecular formula is C10H8Cl2N2O5. The molecule has 0 fully saturated rings. The summed E-state index contributed by atoms with van der Waals surface area (Å²) in [5.74, 6) is -2.03. The zero-order chi connectivity index (χ0) is 14.7. The quantitative estimate of drug-likeness (QED) is 0.654. The number of carbonyl (C=O) groups excluding carboxylic acids is 1. The molecule has 1 aromatic rings. The van der Waals surface area contributed by atoms with Crippen molar-refractivity contribution in [3.63, 3.8) is 0 Å². The highest BCUT2D eigenvalue weighted by atomic mass is 35.5. The molecule has 1 atom stereocenters. The molecule has 0 radical (unpaired) electrons. The Bertz CT molecular complexity index is 561. The van der Waals surface area contributed by atoms with E-state index >= 15 is 0 Å². The molecular weight excluding hydrogens is 299 g/mol. The molecule has 7 nitrogen and oxygen atoms in total. The molecule has 1 rings (SSSR count). The minimum atomic E-state index is -1.23. The molecule has 2 N–H and O–H groups in total. The summed E-state index contributed by atoms with van der Waals surface area (Å²) in [5.41, 5.74) is -0.670. The van der Waals surface area contributed by atoms with Crippen molar-refractivity contribution in [2.75, 3.05) is 0 Å². The summed E-state index contributed by atoms with van der Waals surface area (Å²) in [7, 11) is 0. The van der Waals surface area contributed by atoms with Gasteiger partial charge in [-0.2, -0.15) is 0 Å². The topological polar surface area (TPSA) is 110 Å². The third-order valence-corrected chi connectivity index (χ3v) is 2.98. The average molecular weight is 307 g/mol. The van der Waals surface area contributed by atoms with Crippen LogP contribution >= 0.6 is 23.2 Å². The first-order valence-electron chi connectivity index (χ1n) is 4.91. The second-order valence-corrected chi connectivity index (χ2v) is 4.37. The lowest BCUT2D eigenvalue weighted by Gasteiger charge is -2.09. The van der Waals surface area contributed by atoms with Gasteiger partial charge < -0.3 is 10.4 Å². The molecule has 0 saturated heterocycles. The number of nitro benzene ring substituents is 1. The van der Waals surface area contributed by atoms with Crippen molar-refractivity contribution in [1.29, 1.82) is 0 Å². The van der Waals surface area contributed by atoms with Gasteiger partial charge in [0.05, 0.1) is 9.95 Å². The monoisotopic (exact) mass is 306 g/mol. The Labute approximate surface area is 117 Å². The van der Waals surface area contributed by atoms with E-state index in [1.54, 1.807) is 0 Å². The summed E-state index contributed by atoms with van der Waals surface area (Å²) in [4.78, 5) is 32.2. The molecule has 102 valence electrons. The second-order valence-electron chi connectivity index (χ2n) is 3.58. The molecule has 0 heterocycles. The van der Waals surface area contributed by atoms with Crippen molar-refractivity contribution < 1.29 is 19.6 Å². The highest BCUT2D eigenvalue weighted by Crippen LogP contribution is 2.33. The zero-order valence-electron chi connectivity index (χ0n) is 9.52. The maximum Gasteiger partial charge on any atom is 0.325 e. The van der Waals surface area contributed by atoms with Crippen molar-refractivity contribution in [1.82, 2.24) is 5.32 Å². The molecule has 0 aliphatic carbocycles. The maximum atomic E-state index is 11.7. The Balaban J connectivity index is 3.11. The molecule has 0 spiro atoms. The SMILES string of the molecule is C[C@H](NC(=O)c1cc(Cl)c(Cl)c([N+](=O)[O-])c1)C(=O)O. The van der Waals surface area contributed by atoms with Gasteiger partial charge in [-0.3, -0.25) is 19.7 Å². The van der Waals surface area contributed by atoms with E-state index in [0.29, 0.717) is 0 Å². The summed E-state index contributed by atoms with van der Waals surface area (Å²) in [6, 6.07) is 0.917. The van der Waals surface area contributed by atoms with Crippen LogP contribution in [0, 0.1) is 10.1 Å². The highest BCUT2D eigenvalue weighted by Gasteiger charge is 2.22. The molecule has 0 aliphatic heterocycles. The standard InChI is InChI=1S/C10H8Cl2N2O5/c1-4(10(16)17)13-9(15)5-2-6(11)8(12)7(3-5)14(18)19/h2-4H,1H3,(H,13,15)(H,16,17)/t4-/m0/s1. The molecule has 0 bridgehead atoms. The highest BCUT2D eigenvalue weighted by molar-refractivity contribution is 6.43. The van der Waals surface area contributed by atoms with Crippen molar-refractivity contribution >= 4 is 40.8 Å². The van der Waals surface area contributed by atoms with Crippen molar-refractivity contribution in [3.05, 3.63) is 37.9 Å². The summed E-state index contributed by atoms with van der Waals surface area (Å²) in [5, 5.41) is 21.1. The van der Waals surface area contributed by atoms with Gasteiger partial charge in [-0.25, -0.2) is 0 Å². The third-order valence-electron chi connectivity index (χ3n) is 2.19. The summed E-state index contributed by atoms with van der Waals surface area (Å²) >= 11 is 11.3. The number of nitrogens with one attached hydrogen (secondary N) is 1. The Morgan fingerprint density at radius 2 is 2.00 bits per heavy atom. The predicted octanol–water partition coefficient (Wildman–Crippen LogP) is 2.10. The lowest BCUT2D eigenvalue weighted by atomic mass is 10.1. The van der Waals surface area contributed by atoms with Crippen LogP contribution in [-0.2, 0) is 4.79 Å². The smallest absolute Gasteiger partial charge is 0.325 e. The summed E-state index contributed by atoms with van der Waals surface area (Å²) < 4.78 is 0. The fourth-order valence-corrected chi connectivity index (χ4v) is 1.57. The molecule has 0 saturated carbocycles. The van der Waals surface area contributed by atoms with Gasteiger partial charge in [0.15, 0.2) is 0 Å². The zero-order valence-corrected chi connectivity index (χ0v) is 11.0. The minimum Gasteiger partial charge on any atom is -0.480 e. The molecule has 1 amide bonds. The third kappa shape index (κ3) is 3.55. The van der Waals surface area contributed by atoms with Crippen LogP contribution in [0.15, 0.2) is 12.1 Å². The number of aliphatic carboxylic acids is 1. The van der Waals surface area contributed by atoms with Crippen molar-refractivity contribution in [2.45, 2.75) is 13.0 Å². The van der Waals surface area contributed by atoms with E-state index in [9.17, 15) is 19.7 Å². The van der Waals surface area contributed by atoms with E-state index in [1.807, 2.05) is 0 Å². The fraction of sp³-hybridized carbons (Fsp3) is 0.200. The van der Waals surface area contributed by atoms with Gasteiger partial charge >= 0.3 is 5.97 Å². The van der Waals surface area contributed by atoms with Crippen LogP contribution in [0.1, 0.15) is 17.3 Å². The first-order chi connectivity index (χ1) is 8.73. The number of nitro groups is 1. The molecule has 0 unspecified atom stereocenters. The van der Waals surface area contributed by atoms with Crippen LogP contribution in [0.5, 0.6) is 0 Å². The van der Waals surface area contributed by atoms with E-state index < -0.39 is 28.5 Å². The number of halogens is 2. The molecule has 1 aromatic carbocycles. The number of amides is 1. The number of rotatable bonds is 4. The van der Waals surface area contributed by atoms with E-state index in [0.717, 1.165) is 12.1 Å². The molecule has 0 aromatic heterocycles. The van der Waals surface area contributed by atoms with E-state index in [4.69, 9.17) is 28.3 Å². The Morgan fingerprint density at radius 3 is 2.47 bits per heavy atom. The average Bonchev–Trinajstić information content (AvgIpc) is 2.31. The van der Waals surface area contributed by atoms with E-state index in [1.165, 1.54) is 6.92 Å². The Kier molecular flexibility index (Phi) is 4.68. The first kappa shape index (κ1) is 15.2. The van der Waals surface area contributed by atoms with Gasteiger partial charge in [0.1, 0.15) is 11.1 Å². The second kappa shape index (κ2) is 5.85. The van der Waals surface area contributed by atoms with Gasteiger partial charge in [0.25, 0.3) is 11.6 Å². The van der Waals surface area contributed by atoms with Crippen LogP contribution < -0.4 is 5.32 Å². The number of nitrogens with zero attached hydrogens (tertiary/aromatic N) is 1. The van der Waals surface area contributed by atoms with Gasteiger partial charge in [0, 0.05) is 11.6 Å². The number of hydrogen-bond acceptors (Lipinski definition) is 4. The predicted molar refractivity (Wildman–Crippen MR) is 67.7 cm³/mol. The molecule has 0 aliphatic rings.